The topological polar surface area (TPSA) is 132 Å². The number of phosphoric ester groups is 1. The van der Waals surface area contributed by atoms with E-state index in [-0.39, 0.29) is 19.2 Å². The summed E-state index contributed by atoms with van der Waals surface area (Å²) in [5, 5.41) is 18.0. The van der Waals surface area contributed by atoms with Gasteiger partial charge in [0.2, 0.25) is 0 Å². The minimum atomic E-state index is -4.44. The van der Waals surface area contributed by atoms with E-state index in [4.69, 9.17) is 19.1 Å². The van der Waals surface area contributed by atoms with E-state index in [9.17, 15) is 19.4 Å². The van der Waals surface area contributed by atoms with Gasteiger partial charge >= 0.3 is 13.8 Å². The van der Waals surface area contributed by atoms with Crippen molar-refractivity contribution < 1.29 is 43.0 Å². The lowest BCUT2D eigenvalue weighted by Crippen LogP contribution is -2.28. The van der Waals surface area contributed by atoms with Crippen LogP contribution in [0.25, 0.3) is 0 Å². The zero-order valence-electron chi connectivity index (χ0n) is 20.6. The second-order valence-electron chi connectivity index (χ2n) is 8.36. The molecule has 3 atom stereocenters. The van der Waals surface area contributed by atoms with Crippen molar-refractivity contribution in [3.63, 3.8) is 0 Å². The molecular weight excluding hydrogens is 451 g/mol. The molecule has 33 heavy (non-hydrogen) atoms. The molecule has 198 valence electrons. The Labute approximate surface area is 199 Å². The van der Waals surface area contributed by atoms with Crippen LogP contribution in [0, 0.1) is 0 Å². The molecule has 0 heterocycles. The quantitative estimate of drug-likeness (QED) is 0.0998. The number of carbonyl (C=O) groups is 1. The van der Waals surface area contributed by atoms with Gasteiger partial charge in [0, 0.05) is 13.0 Å². The van der Waals surface area contributed by atoms with Gasteiger partial charge in [-0.1, -0.05) is 78.1 Å². The van der Waals surface area contributed by atoms with Crippen molar-refractivity contribution in [1.82, 2.24) is 0 Å². The lowest BCUT2D eigenvalue weighted by Gasteiger charge is -2.20. The predicted octanol–water partition coefficient (Wildman–Crippen LogP) is 4.51. The van der Waals surface area contributed by atoms with Gasteiger partial charge in [-0.25, -0.2) is 4.57 Å². The summed E-state index contributed by atoms with van der Waals surface area (Å²) in [7, 11) is -4.44. The van der Waals surface area contributed by atoms with E-state index in [1.165, 1.54) is 32.1 Å². The Morgan fingerprint density at radius 3 is 1.97 bits per heavy atom. The van der Waals surface area contributed by atoms with Crippen LogP contribution in [0.15, 0.2) is 0 Å². The highest BCUT2D eigenvalue weighted by molar-refractivity contribution is 7.47. The van der Waals surface area contributed by atoms with E-state index in [2.05, 4.69) is 18.4 Å². The predicted molar refractivity (Wildman–Crippen MR) is 127 cm³/mol. The highest BCUT2D eigenvalue weighted by Crippen LogP contribution is 2.43. The molecule has 0 saturated heterocycles. The number of hydrogen-bond donors (Lipinski definition) is 3. The molecule has 0 saturated carbocycles. The van der Waals surface area contributed by atoms with Crippen molar-refractivity contribution in [3.05, 3.63) is 0 Å². The summed E-state index contributed by atoms with van der Waals surface area (Å²) in [5.74, 6) is -0.324. The Balaban J connectivity index is 4.28. The molecule has 0 aromatic carbocycles. The van der Waals surface area contributed by atoms with Crippen LogP contribution in [0.1, 0.15) is 97.3 Å². The third kappa shape index (κ3) is 21.7. The van der Waals surface area contributed by atoms with E-state index in [1.807, 2.05) is 0 Å². The molecule has 0 fully saturated rings. The summed E-state index contributed by atoms with van der Waals surface area (Å²) >= 11 is 0. The Bertz CT molecular complexity index is 504. The van der Waals surface area contributed by atoms with Gasteiger partial charge in [-0.2, -0.15) is 0 Å². The van der Waals surface area contributed by atoms with Crippen LogP contribution in [0.3, 0.4) is 0 Å². The zero-order valence-corrected chi connectivity index (χ0v) is 21.5. The molecule has 0 spiro atoms. The number of rotatable bonds is 24. The maximum atomic E-state index is 12.0. The highest BCUT2D eigenvalue weighted by atomic mass is 31.2. The van der Waals surface area contributed by atoms with Gasteiger partial charge in [0.15, 0.2) is 0 Å². The van der Waals surface area contributed by atoms with Crippen LogP contribution in [0.5, 0.6) is 0 Å². The highest BCUT2D eigenvalue weighted by Gasteiger charge is 2.25. The van der Waals surface area contributed by atoms with Crippen molar-refractivity contribution >= 4 is 13.8 Å². The molecule has 0 aromatic heterocycles. The summed E-state index contributed by atoms with van der Waals surface area (Å²) < 4.78 is 32.5. The van der Waals surface area contributed by atoms with Gasteiger partial charge in [-0.05, 0) is 12.8 Å². The van der Waals surface area contributed by atoms with Crippen molar-refractivity contribution in [1.29, 1.82) is 0 Å². The number of ether oxygens (including phenoxy) is 2. The first-order chi connectivity index (χ1) is 15.8. The smallest absolute Gasteiger partial charge is 0.463 e. The fourth-order valence-corrected chi connectivity index (χ4v) is 3.82. The standard InChI is InChI=1S/C23H47O9P/c1-3-5-7-9-10-11-12-13-15-23(26)30-19-22(29-16-14-8-6-4-2)20-32-33(27,28)31-18-21(25)17-24/h21-22,24-25H,3-20H2,1-2H3,(H,27,28)/t21-,22+/m0/s1. The number of hydrogen-bond acceptors (Lipinski definition) is 8. The van der Waals surface area contributed by atoms with Crippen molar-refractivity contribution in [3.8, 4) is 0 Å². The molecule has 0 aliphatic rings. The molecule has 10 heteroatoms. The summed E-state index contributed by atoms with van der Waals surface area (Å²) in [4.78, 5) is 21.8. The molecule has 9 nitrogen and oxygen atoms in total. The van der Waals surface area contributed by atoms with Crippen LogP contribution in [-0.2, 0) is 27.9 Å². The molecule has 0 amide bonds. The number of aliphatic hydroxyl groups is 2. The first-order valence-electron chi connectivity index (χ1n) is 12.5. The van der Waals surface area contributed by atoms with Gasteiger partial charge in [-0.15, -0.1) is 0 Å². The van der Waals surface area contributed by atoms with Crippen molar-refractivity contribution in [2.75, 3.05) is 33.0 Å². The minimum Gasteiger partial charge on any atom is -0.463 e. The fraction of sp³-hybridized carbons (Fsp3) is 0.957. The first kappa shape index (κ1) is 32.5. The number of carbonyl (C=O) groups excluding carboxylic acids is 1. The lowest BCUT2D eigenvalue weighted by molar-refractivity contribution is -0.149. The van der Waals surface area contributed by atoms with Gasteiger partial charge in [-0.3, -0.25) is 13.8 Å². The number of esters is 1. The third-order valence-corrected chi connectivity index (χ3v) is 6.03. The molecule has 0 aliphatic heterocycles. The first-order valence-corrected chi connectivity index (χ1v) is 14.0. The van der Waals surface area contributed by atoms with Crippen LogP contribution in [0.2, 0.25) is 0 Å². The third-order valence-electron chi connectivity index (χ3n) is 5.08. The van der Waals surface area contributed by atoms with E-state index in [0.717, 1.165) is 44.9 Å². The van der Waals surface area contributed by atoms with Crippen LogP contribution in [-0.4, -0.2) is 66.3 Å². The zero-order chi connectivity index (χ0) is 24.8. The maximum Gasteiger partial charge on any atom is 0.472 e. The average molecular weight is 499 g/mol. The molecule has 0 aromatic rings. The number of phosphoric acid groups is 1. The largest absolute Gasteiger partial charge is 0.472 e. The summed E-state index contributed by atoms with van der Waals surface area (Å²) in [6.07, 6.45) is 11.5. The molecule has 0 bridgehead atoms. The second-order valence-corrected chi connectivity index (χ2v) is 9.81. The number of aliphatic hydroxyl groups excluding tert-OH is 2. The van der Waals surface area contributed by atoms with E-state index < -0.39 is 33.2 Å². The van der Waals surface area contributed by atoms with Crippen LogP contribution >= 0.6 is 7.82 Å². The molecule has 1 unspecified atom stereocenters. The van der Waals surface area contributed by atoms with Gasteiger partial charge in [0.25, 0.3) is 0 Å². The van der Waals surface area contributed by atoms with Crippen LogP contribution in [0.4, 0.5) is 0 Å². The summed E-state index contributed by atoms with van der Waals surface area (Å²) in [6.45, 7) is 3.20. The Morgan fingerprint density at radius 1 is 0.818 bits per heavy atom. The van der Waals surface area contributed by atoms with Gasteiger partial charge in [0.1, 0.15) is 18.8 Å². The molecule has 0 rings (SSSR count). The SMILES string of the molecule is CCCCCCCCCCC(=O)OC[C@H](COP(=O)(O)OC[C@@H](O)CO)OCCCCCC. The Morgan fingerprint density at radius 2 is 1.36 bits per heavy atom. The lowest BCUT2D eigenvalue weighted by atomic mass is 10.1. The van der Waals surface area contributed by atoms with Crippen LogP contribution < -0.4 is 0 Å². The monoisotopic (exact) mass is 498 g/mol. The molecule has 3 N–H and O–H groups in total. The maximum absolute atomic E-state index is 12.0. The van der Waals surface area contributed by atoms with Crippen molar-refractivity contribution in [2.24, 2.45) is 0 Å². The van der Waals surface area contributed by atoms with Gasteiger partial charge in [0.05, 0.1) is 19.8 Å². The number of unbranched alkanes of at least 4 members (excludes halogenated alkanes) is 10. The second kappa shape index (κ2) is 22.0. The summed E-state index contributed by atoms with van der Waals surface area (Å²) in [5.41, 5.74) is 0. The van der Waals surface area contributed by atoms with Gasteiger partial charge < -0.3 is 24.6 Å². The minimum absolute atomic E-state index is 0.0805. The Hall–Kier alpha value is -0.540. The van der Waals surface area contributed by atoms with E-state index in [0.29, 0.717) is 13.0 Å². The molecular formula is C23H47O9P. The van der Waals surface area contributed by atoms with E-state index >= 15 is 0 Å². The normalized spacial score (nSPS) is 15.2. The van der Waals surface area contributed by atoms with Crippen molar-refractivity contribution in [2.45, 2.75) is 110 Å². The average Bonchev–Trinajstić information content (AvgIpc) is 2.80. The molecule has 0 aliphatic carbocycles. The fourth-order valence-electron chi connectivity index (χ4n) is 3.03. The van der Waals surface area contributed by atoms with E-state index in [1.54, 1.807) is 0 Å². The molecule has 0 radical (unpaired) electrons. The summed E-state index contributed by atoms with van der Waals surface area (Å²) in [6, 6.07) is 0. The Kier molecular flexibility index (Phi) is 21.6.